The van der Waals surface area contributed by atoms with Gasteiger partial charge in [0.05, 0.1) is 0 Å². The van der Waals surface area contributed by atoms with Crippen LogP contribution in [0.3, 0.4) is 0 Å². The monoisotopic (exact) mass is 205 g/mol. The molecule has 0 rings (SSSR count). The maximum absolute atomic E-state index is 0. The van der Waals surface area contributed by atoms with E-state index in [1.807, 2.05) is 0 Å². The normalized spacial score (nSPS) is 0. The molecule has 0 aromatic rings. The summed E-state index contributed by atoms with van der Waals surface area (Å²) in [5.74, 6) is 0. The van der Waals surface area contributed by atoms with Gasteiger partial charge in [-0.05, 0) is 0 Å². The predicted molar refractivity (Wildman–Crippen MR) is 3.62 cm³/mol. The summed E-state index contributed by atoms with van der Waals surface area (Å²) in [5.41, 5.74) is 0. The van der Waals surface area contributed by atoms with E-state index in [2.05, 4.69) is 0 Å². The first-order valence-electron chi connectivity index (χ1n) is 0. The molecule has 4 heteroatoms. The topological polar surface area (TPSA) is 0 Å². The van der Waals surface area contributed by atoms with Crippen molar-refractivity contribution >= 4 is 0 Å². The summed E-state index contributed by atoms with van der Waals surface area (Å²) in [7, 11) is 0. The first-order valence-corrected chi connectivity index (χ1v) is 0. The second kappa shape index (κ2) is 19.2. The van der Waals surface area contributed by atoms with Gasteiger partial charge in [0.15, 0.2) is 0 Å². The minimum atomic E-state index is 0. The first-order chi connectivity index (χ1) is 0. The Balaban J connectivity index is 0. The zero-order valence-electron chi connectivity index (χ0n) is 3.12. The zero-order chi connectivity index (χ0) is 0. The first kappa shape index (κ1) is 35.5. The van der Waals surface area contributed by atoms with Crippen LogP contribution in [0.1, 0.15) is 1.43 Å². The SMILES string of the molecule is F.[Cu].[H-].[Mo].[Na+]. The van der Waals surface area contributed by atoms with Crippen LogP contribution < -0.4 is 29.6 Å². The summed E-state index contributed by atoms with van der Waals surface area (Å²) in [6.45, 7) is 0. The molecule has 27 valence electrons. The summed E-state index contributed by atoms with van der Waals surface area (Å²) in [4.78, 5) is 0. The molecule has 0 unspecified atom stereocenters. The summed E-state index contributed by atoms with van der Waals surface area (Å²) in [6, 6.07) is 0. The third-order valence-corrected chi connectivity index (χ3v) is 0. The standard InChI is InChI=1S/Cu.FH.Mo.Na.H/h;1H;;;/q;;;+1;-1. The molecule has 0 aliphatic rings. The Morgan fingerprint density at radius 2 is 1.25 bits per heavy atom. The second-order valence-electron chi connectivity index (χ2n) is 0. The minimum absolute atomic E-state index is 0. The molecule has 0 saturated carbocycles. The van der Waals surface area contributed by atoms with Gasteiger partial charge in [-0.2, -0.15) is 0 Å². The Hall–Kier alpha value is 2.14. The summed E-state index contributed by atoms with van der Waals surface area (Å²) >= 11 is 0. The smallest absolute Gasteiger partial charge is 1.00 e. The third-order valence-electron chi connectivity index (χ3n) is 0. The van der Waals surface area contributed by atoms with Gasteiger partial charge in [-0.15, -0.1) is 0 Å². The van der Waals surface area contributed by atoms with Crippen LogP contribution in [0.4, 0.5) is 4.70 Å². The van der Waals surface area contributed by atoms with E-state index in [4.69, 9.17) is 0 Å². The summed E-state index contributed by atoms with van der Waals surface area (Å²) in [5, 5.41) is 0. The number of halogens is 1. The van der Waals surface area contributed by atoms with Gasteiger partial charge in [0.1, 0.15) is 0 Å². The molecule has 4 heavy (non-hydrogen) atoms. The number of hydrogen-bond donors (Lipinski definition) is 0. The van der Waals surface area contributed by atoms with Crippen LogP contribution in [0.2, 0.25) is 0 Å². The van der Waals surface area contributed by atoms with Crippen LogP contribution in [0.25, 0.3) is 0 Å². The van der Waals surface area contributed by atoms with Crippen molar-refractivity contribution in [3.8, 4) is 0 Å². The van der Waals surface area contributed by atoms with Gasteiger partial charge in [-0.3, -0.25) is 4.70 Å². The molecule has 0 nitrogen and oxygen atoms in total. The maximum atomic E-state index is 0. The molecule has 0 saturated heterocycles. The fourth-order valence-corrected chi connectivity index (χ4v) is 0. The van der Waals surface area contributed by atoms with E-state index in [0.29, 0.717) is 0 Å². The van der Waals surface area contributed by atoms with Crippen molar-refractivity contribution in [3.05, 3.63) is 0 Å². The fraction of sp³-hybridized carbons (Fsp3) is 0. The largest absolute Gasteiger partial charge is 1.00 e. The molecule has 0 aromatic heterocycles. The molecular formula is H2CuFMoNa. The van der Waals surface area contributed by atoms with E-state index >= 15 is 0 Å². The van der Waals surface area contributed by atoms with Crippen LogP contribution in [-0.4, -0.2) is 0 Å². The van der Waals surface area contributed by atoms with Crippen molar-refractivity contribution in [1.29, 1.82) is 0 Å². The Labute approximate surface area is 73.0 Å². The van der Waals surface area contributed by atoms with Crippen molar-refractivity contribution in [2.75, 3.05) is 0 Å². The molecule has 0 N–H and O–H groups in total. The molecule has 0 aliphatic heterocycles. The Morgan fingerprint density at radius 3 is 1.25 bits per heavy atom. The second-order valence-corrected chi connectivity index (χ2v) is 0. The van der Waals surface area contributed by atoms with E-state index < -0.39 is 0 Å². The molecule has 0 aliphatic carbocycles. The van der Waals surface area contributed by atoms with Gasteiger partial charge in [0.2, 0.25) is 0 Å². The predicted octanol–water partition coefficient (Wildman–Crippen LogP) is -2.74. The molecule has 0 fully saturated rings. The van der Waals surface area contributed by atoms with Gasteiger partial charge in [-0.25, -0.2) is 0 Å². The molecule has 1 radical (unpaired) electrons. The van der Waals surface area contributed by atoms with Crippen molar-refractivity contribution in [2.24, 2.45) is 0 Å². The quantitative estimate of drug-likeness (QED) is 0.375. The van der Waals surface area contributed by atoms with Gasteiger partial charge < -0.3 is 1.43 Å². The number of hydrogen-bond acceptors (Lipinski definition) is 0. The molecular weight excluding hydrogens is 201 g/mol. The summed E-state index contributed by atoms with van der Waals surface area (Å²) in [6.07, 6.45) is 0. The molecule has 0 aromatic carbocycles. The minimum Gasteiger partial charge on any atom is -1.00 e. The van der Waals surface area contributed by atoms with Crippen molar-refractivity contribution in [3.63, 3.8) is 0 Å². The summed E-state index contributed by atoms with van der Waals surface area (Å²) < 4.78 is 0. The zero-order valence-corrected chi connectivity index (χ0v) is 7.07. The third kappa shape index (κ3) is 8.91. The fourth-order valence-electron chi connectivity index (χ4n) is 0. The molecule has 0 atom stereocenters. The average Bonchev–Trinajstić information content (AvgIpc) is 0. The molecule has 0 bridgehead atoms. The van der Waals surface area contributed by atoms with E-state index in [1.54, 1.807) is 0 Å². The van der Waals surface area contributed by atoms with Crippen molar-refractivity contribution in [2.45, 2.75) is 0 Å². The Kier molecular flexibility index (Phi) is 171. The van der Waals surface area contributed by atoms with Crippen LogP contribution in [-0.2, 0) is 38.1 Å². The van der Waals surface area contributed by atoms with E-state index in [-0.39, 0.29) is 73.8 Å². The average molecular weight is 203 g/mol. The van der Waals surface area contributed by atoms with Gasteiger partial charge in [0, 0.05) is 38.1 Å². The van der Waals surface area contributed by atoms with Crippen LogP contribution in [0, 0.1) is 0 Å². The Bertz CT molecular complexity index is 11.6. The van der Waals surface area contributed by atoms with Gasteiger partial charge in [-0.1, -0.05) is 0 Å². The van der Waals surface area contributed by atoms with E-state index in [0.717, 1.165) is 0 Å². The molecule has 0 spiro atoms. The van der Waals surface area contributed by atoms with Crippen LogP contribution in [0.5, 0.6) is 0 Å². The van der Waals surface area contributed by atoms with Gasteiger partial charge >= 0.3 is 29.6 Å². The maximum Gasteiger partial charge on any atom is 1.00 e. The van der Waals surface area contributed by atoms with E-state index in [9.17, 15) is 0 Å². The number of rotatable bonds is 0. The molecule has 0 amide bonds. The van der Waals surface area contributed by atoms with E-state index in [1.165, 1.54) is 0 Å². The van der Waals surface area contributed by atoms with Crippen LogP contribution in [0.15, 0.2) is 0 Å². The Morgan fingerprint density at radius 1 is 1.25 bits per heavy atom. The van der Waals surface area contributed by atoms with Crippen molar-refractivity contribution in [1.82, 2.24) is 0 Å². The van der Waals surface area contributed by atoms with Crippen molar-refractivity contribution < 1.29 is 73.8 Å². The van der Waals surface area contributed by atoms with Gasteiger partial charge in [0.25, 0.3) is 0 Å². The van der Waals surface area contributed by atoms with Crippen LogP contribution >= 0.6 is 0 Å². The molecule has 0 heterocycles.